The van der Waals surface area contributed by atoms with Crippen LogP contribution in [0.1, 0.15) is 19.7 Å². The van der Waals surface area contributed by atoms with E-state index in [1.165, 1.54) is 64.5 Å². The Hall–Kier alpha value is -8.12. The van der Waals surface area contributed by atoms with Crippen molar-refractivity contribution in [1.82, 2.24) is 19.1 Å². The van der Waals surface area contributed by atoms with E-state index < -0.39 is 8.07 Å². The Balaban J connectivity index is 1.20. The lowest BCUT2D eigenvalue weighted by Gasteiger charge is -2.33. The van der Waals surface area contributed by atoms with Crippen molar-refractivity contribution in [3.8, 4) is 50.5 Å². The van der Waals surface area contributed by atoms with Gasteiger partial charge in [-0.3, -0.25) is 4.57 Å². The molecule has 3 heterocycles. The molecule has 2 aromatic heterocycles. The van der Waals surface area contributed by atoms with E-state index >= 15 is 0 Å². The molecule has 67 heavy (non-hydrogen) atoms. The fourth-order valence-corrected chi connectivity index (χ4v) is 17.0. The minimum atomic E-state index is -2.93. The molecule has 0 bridgehead atoms. The second-order valence-electron chi connectivity index (χ2n) is 17.7. The number of hydrogen-bond acceptors (Lipinski definition) is 2. The summed E-state index contributed by atoms with van der Waals surface area (Å²) >= 11 is 0. The van der Waals surface area contributed by atoms with E-state index in [0.29, 0.717) is 0 Å². The van der Waals surface area contributed by atoms with Crippen LogP contribution >= 0.6 is 0 Å². The highest BCUT2D eigenvalue weighted by atomic mass is 28.3. The molecule has 5 heteroatoms. The summed E-state index contributed by atoms with van der Waals surface area (Å²) in [6.07, 6.45) is 0.801. The molecule has 10 aromatic carbocycles. The molecule has 0 saturated carbocycles. The second kappa shape index (κ2) is 15.5. The van der Waals surface area contributed by atoms with Crippen LogP contribution in [0.2, 0.25) is 0 Å². The zero-order valence-corrected chi connectivity index (χ0v) is 38.5. The highest BCUT2D eigenvalue weighted by Gasteiger charge is 2.50. The molecule has 0 atom stereocenters. The van der Waals surface area contributed by atoms with Gasteiger partial charge in [-0.05, 0) is 102 Å². The fraction of sp³-hybridized carbons (Fsp3) is 0.0645. The van der Waals surface area contributed by atoms with E-state index in [1.54, 1.807) is 0 Å². The minimum Gasteiger partial charge on any atom is -0.324 e. The SMILES string of the molecule is CCc1nc2ccccc2n1-c1cccc2c(-c3cccc4c3[Si](c3ccccc3)(c3ccccc3)c3ccccc3-4)c3cccc(-c4cccc5c4nc(-c4ccccc4)n5CC)c3cc12. The molecule has 0 spiro atoms. The summed E-state index contributed by atoms with van der Waals surface area (Å²) in [7, 11) is -2.93. The molecule has 0 unspecified atom stereocenters. The fourth-order valence-electron chi connectivity index (χ4n) is 11.7. The van der Waals surface area contributed by atoms with Gasteiger partial charge in [-0.15, -0.1) is 0 Å². The van der Waals surface area contributed by atoms with Crippen molar-refractivity contribution in [2.45, 2.75) is 26.8 Å². The first kappa shape index (κ1) is 39.3. The van der Waals surface area contributed by atoms with Crippen molar-refractivity contribution in [1.29, 1.82) is 0 Å². The van der Waals surface area contributed by atoms with Crippen LogP contribution in [0.4, 0.5) is 0 Å². The Morgan fingerprint density at radius 1 is 0.448 bits per heavy atom. The van der Waals surface area contributed by atoms with E-state index in [4.69, 9.17) is 9.97 Å². The molecule has 0 amide bonds. The van der Waals surface area contributed by atoms with Gasteiger partial charge in [0.15, 0.2) is 8.07 Å². The number of imidazole rings is 2. The molecular weight excluding hydrogens is 829 g/mol. The summed E-state index contributed by atoms with van der Waals surface area (Å²) < 4.78 is 4.76. The lowest BCUT2D eigenvalue weighted by molar-refractivity contribution is 0.796. The number of benzene rings is 10. The van der Waals surface area contributed by atoms with Crippen molar-refractivity contribution in [3.63, 3.8) is 0 Å². The highest BCUT2D eigenvalue weighted by molar-refractivity contribution is 7.22. The van der Waals surface area contributed by atoms with Gasteiger partial charge in [-0.2, -0.15) is 0 Å². The van der Waals surface area contributed by atoms with Crippen LogP contribution in [0.3, 0.4) is 0 Å². The average molecular weight is 875 g/mol. The number of para-hydroxylation sites is 3. The molecule has 0 radical (unpaired) electrons. The second-order valence-corrected chi connectivity index (χ2v) is 21.4. The topological polar surface area (TPSA) is 35.6 Å². The zero-order valence-electron chi connectivity index (χ0n) is 37.5. The third-order valence-corrected chi connectivity index (χ3v) is 19.3. The molecular formula is C62H46N4Si. The summed E-state index contributed by atoms with van der Waals surface area (Å²) in [6.45, 7) is 5.24. The van der Waals surface area contributed by atoms with Crippen LogP contribution < -0.4 is 20.7 Å². The van der Waals surface area contributed by atoms with Crippen LogP contribution in [0.15, 0.2) is 218 Å². The summed E-state index contributed by atoms with van der Waals surface area (Å²) in [5, 5.41) is 10.5. The monoisotopic (exact) mass is 874 g/mol. The van der Waals surface area contributed by atoms with Crippen LogP contribution in [0.5, 0.6) is 0 Å². The summed E-state index contributed by atoms with van der Waals surface area (Å²) in [6, 6.07) is 81.3. The quantitative estimate of drug-likeness (QED) is 0.113. The maximum atomic E-state index is 5.51. The molecule has 0 saturated heterocycles. The molecule has 0 aliphatic carbocycles. The molecule has 1 aliphatic heterocycles. The molecule has 13 rings (SSSR count). The Morgan fingerprint density at radius 2 is 1.03 bits per heavy atom. The molecule has 0 N–H and O–H groups in total. The molecule has 1 aliphatic rings. The Bertz CT molecular complexity index is 3850. The van der Waals surface area contributed by atoms with Gasteiger partial charge in [0.1, 0.15) is 11.6 Å². The van der Waals surface area contributed by atoms with Crippen LogP contribution in [-0.4, -0.2) is 27.2 Å². The van der Waals surface area contributed by atoms with Gasteiger partial charge >= 0.3 is 0 Å². The minimum absolute atomic E-state index is 0.801. The number of rotatable bonds is 8. The van der Waals surface area contributed by atoms with Crippen molar-refractivity contribution < 1.29 is 0 Å². The third kappa shape index (κ3) is 5.71. The van der Waals surface area contributed by atoms with Gasteiger partial charge in [-0.1, -0.05) is 195 Å². The van der Waals surface area contributed by atoms with Crippen LogP contribution in [0, 0.1) is 0 Å². The first-order valence-electron chi connectivity index (χ1n) is 23.5. The maximum Gasteiger partial charge on any atom is 0.181 e. The standard InChI is InChI=1S/C62H46N4Si/c1-3-58-63-53-35-15-16-36-55(53)66(58)54-37-20-31-47-52(54)40-51-44(48-32-21-38-56-60(48)64-62(65(56)4-2)41-22-8-5-9-23-41)29-18-30-46(51)59(47)50-34-19-33-49-45-28-14-17-39-57(45)67(61(49)50,42-24-10-6-11-25-42)43-26-12-7-13-27-43/h5-40H,3-4H2,1-2H3. The van der Waals surface area contributed by atoms with E-state index in [1.807, 2.05) is 0 Å². The maximum absolute atomic E-state index is 5.51. The largest absolute Gasteiger partial charge is 0.324 e. The Labute approximate surface area is 391 Å². The Kier molecular flexibility index (Phi) is 9.09. The number of aromatic nitrogens is 4. The normalized spacial score (nSPS) is 12.9. The van der Waals surface area contributed by atoms with E-state index in [-0.39, 0.29) is 0 Å². The van der Waals surface area contributed by atoms with Crippen molar-refractivity contribution in [2.75, 3.05) is 0 Å². The molecule has 4 nitrogen and oxygen atoms in total. The van der Waals surface area contributed by atoms with Crippen molar-refractivity contribution >= 4 is 72.4 Å². The van der Waals surface area contributed by atoms with Gasteiger partial charge in [0, 0.05) is 29.5 Å². The summed E-state index contributed by atoms with van der Waals surface area (Å²) in [5.41, 5.74) is 14.0. The highest BCUT2D eigenvalue weighted by Crippen LogP contribution is 2.45. The van der Waals surface area contributed by atoms with Gasteiger partial charge in [-0.25, -0.2) is 9.97 Å². The van der Waals surface area contributed by atoms with E-state index in [2.05, 4.69) is 241 Å². The van der Waals surface area contributed by atoms with Crippen LogP contribution in [0.25, 0.3) is 94.1 Å². The number of fused-ring (bicyclic) bond motifs is 7. The van der Waals surface area contributed by atoms with Crippen molar-refractivity contribution in [2.24, 2.45) is 0 Å². The van der Waals surface area contributed by atoms with Gasteiger partial charge in [0.05, 0.1) is 27.8 Å². The van der Waals surface area contributed by atoms with E-state index in [0.717, 1.165) is 69.1 Å². The number of hydrogen-bond donors (Lipinski definition) is 0. The van der Waals surface area contributed by atoms with Crippen LogP contribution in [-0.2, 0) is 13.0 Å². The first-order chi connectivity index (χ1) is 33.2. The van der Waals surface area contributed by atoms with Gasteiger partial charge < -0.3 is 4.57 Å². The third-order valence-electron chi connectivity index (χ3n) is 14.4. The number of nitrogens with zero attached hydrogens (tertiary/aromatic N) is 4. The lowest BCUT2D eigenvalue weighted by Crippen LogP contribution is -2.73. The zero-order chi connectivity index (χ0) is 44.6. The molecule has 12 aromatic rings. The molecule has 318 valence electrons. The predicted molar refractivity (Wildman–Crippen MR) is 283 cm³/mol. The predicted octanol–water partition coefficient (Wildman–Crippen LogP) is 12.6. The Morgan fingerprint density at radius 3 is 1.79 bits per heavy atom. The lowest BCUT2D eigenvalue weighted by atomic mass is 9.87. The number of aryl methyl sites for hydroxylation is 2. The van der Waals surface area contributed by atoms with Gasteiger partial charge in [0.2, 0.25) is 0 Å². The summed E-state index contributed by atoms with van der Waals surface area (Å²) in [4.78, 5) is 10.7. The van der Waals surface area contributed by atoms with E-state index in [9.17, 15) is 0 Å². The van der Waals surface area contributed by atoms with Crippen molar-refractivity contribution in [3.05, 3.63) is 224 Å². The first-order valence-corrected chi connectivity index (χ1v) is 25.5. The van der Waals surface area contributed by atoms with Gasteiger partial charge in [0.25, 0.3) is 0 Å². The summed E-state index contributed by atoms with van der Waals surface area (Å²) in [5.74, 6) is 2.03. The molecule has 0 fully saturated rings. The smallest absolute Gasteiger partial charge is 0.181 e. The average Bonchev–Trinajstić information content (AvgIpc) is 4.07.